The number of thioether (sulfide) groups is 1. The first-order valence-electron chi connectivity index (χ1n) is 14.3. The van der Waals surface area contributed by atoms with Crippen LogP contribution in [-0.4, -0.2) is 49.6 Å². The maximum atomic E-state index is 16.0. The van der Waals surface area contributed by atoms with Gasteiger partial charge in [0.1, 0.15) is 22.7 Å². The van der Waals surface area contributed by atoms with Crippen LogP contribution in [0.5, 0.6) is 11.5 Å². The van der Waals surface area contributed by atoms with Crippen LogP contribution in [0.1, 0.15) is 44.2 Å². The first kappa shape index (κ1) is 32.4. The highest BCUT2D eigenvalue weighted by Crippen LogP contribution is 2.57. The van der Waals surface area contributed by atoms with Crippen molar-refractivity contribution in [3.05, 3.63) is 81.6 Å². The number of carbonyl (C=O) groups is 2. The summed E-state index contributed by atoms with van der Waals surface area (Å²) in [4.78, 5) is 28.6. The van der Waals surface area contributed by atoms with Crippen LogP contribution in [0.25, 0.3) is 0 Å². The van der Waals surface area contributed by atoms with Crippen LogP contribution in [0.4, 0.5) is 15.8 Å². The van der Waals surface area contributed by atoms with Gasteiger partial charge in [0.25, 0.3) is 0 Å². The van der Waals surface area contributed by atoms with E-state index < -0.39 is 35.1 Å². The number of methoxy groups -OCH3 is 1. The van der Waals surface area contributed by atoms with E-state index in [0.717, 1.165) is 5.75 Å². The molecule has 7 nitrogen and oxygen atoms in total. The van der Waals surface area contributed by atoms with Crippen molar-refractivity contribution in [2.45, 2.75) is 50.6 Å². The number of halogens is 3. The summed E-state index contributed by atoms with van der Waals surface area (Å²) < 4.78 is 27.4. The third-order valence-electron chi connectivity index (χ3n) is 8.21. The van der Waals surface area contributed by atoms with Crippen LogP contribution in [-0.2, 0) is 15.0 Å². The number of nitrogens with one attached hydrogen (secondary N) is 3. The summed E-state index contributed by atoms with van der Waals surface area (Å²) in [5.74, 6) is -0.576. The highest BCUT2D eigenvalue weighted by Gasteiger charge is 2.66. The minimum absolute atomic E-state index is 0.0930. The first-order chi connectivity index (χ1) is 20.9. The van der Waals surface area contributed by atoms with Gasteiger partial charge in [0.05, 0.1) is 30.5 Å². The molecule has 3 N–H and O–H groups in total. The fourth-order valence-electron chi connectivity index (χ4n) is 6.47. The van der Waals surface area contributed by atoms with E-state index >= 15 is 4.39 Å². The molecule has 2 aliphatic heterocycles. The van der Waals surface area contributed by atoms with Crippen LogP contribution in [0, 0.1) is 11.2 Å². The molecule has 1 spiro atoms. The number of fused-ring (bicyclic) bond motifs is 2. The molecule has 0 radical (unpaired) electrons. The monoisotopic (exact) mass is 659 g/mol. The molecule has 1 unspecified atom stereocenters. The Balaban J connectivity index is 1.63. The second kappa shape index (κ2) is 12.8. The van der Waals surface area contributed by atoms with E-state index in [1.807, 2.05) is 6.26 Å². The van der Waals surface area contributed by atoms with Crippen LogP contribution in [0.15, 0.2) is 54.6 Å². The molecule has 1 fully saturated rings. The zero-order valence-corrected chi connectivity index (χ0v) is 27.6. The Kier molecular flexibility index (Phi) is 9.42. The Hall–Kier alpha value is -2.98. The van der Waals surface area contributed by atoms with Gasteiger partial charge in [-0.3, -0.25) is 9.59 Å². The average Bonchev–Trinajstić information content (AvgIpc) is 3.44. The molecule has 5 rings (SSSR count). The van der Waals surface area contributed by atoms with E-state index in [2.05, 4.69) is 36.7 Å². The second-order valence-corrected chi connectivity index (χ2v) is 14.1. The van der Waals surface area contributed by atoms with Crippen molar-refractivity contribution in [3.8, 4) is 11.5 Å². The van der Waals surface area contributed by atoms with Crippen LogP contribution < -0.4 is 25.4 Å². The Bertz CT molecular complexity index is 1580. The van der Waals surface area contributed by atoms with Crippen LogP contribution in [0.2, 0.25) is 10.0 Å². The van der Waals surface area contributed by atoms with Crippen molar-refractivity contribution in [2.75, 3.05) is 36.4 Å². The van der Waals surface area contributed by atoms with E-state index in [0.29, 0.717) is 46.5 Å². The van der Waals surface area contributed by atoms with Gasteiger partial charge in [-0.25, -0.2) is 4.39 Å². The molecule has 3 aromatic rings. The third kappa shape index (κ3) is 5.99. The van der Waals surface area contributed by atoms with Crippen LogP contribution >= 0.6 is 35.0 Å². The third-order valence-corrected chi connectivity index (χ3v) is 9.31. The number of anilines is 2. The van der Waals surface area contributed by atoms with Gasteiger partial charge in [0, 0.05) is 34.5 Å². The summed E-state index contributed by atoms with van der Waals surface area (Å²) in [6.45, 7) is 6.72. The molecule has 2 amide bonds. The van der Waals surface area contributed by atoms with E-state index in [4.69, 9.17) is 32.7 Å². The molecule has 234 valence electrons. The van der Waals surface area contributed by atoms with Gasteiger partial charge in [0.2, 0.25) is 11.8 Å². The van der Waals surface area contributed by atoms with Gasteiger partial charge < -0.3 is 25.4 Å². The molecule has 0 saturated carbocycles. The van der Waals surface area contributed by atoms with Crippen LogP contribution in [0.3, 0.4) is 0 Å². The van der Waals surface area contributed by atoms with Gasteiger partial charge in [-0.05, 0) is 59.6 Å². The van der Waals surface area contributed by atoms with Crippen molar-refractivity contribution < 1.29 is 23.5 Å². The number of hydrogen-bond donors (Lipinski definition) is 3. The Morgan fingerprint density at radius 3 is 2.61 bits per heavy atom. The number of rotatable bonds is 9. The van der Waals surface area contributed by atoms with Crippen molar-refractivity contribution >= 4 is 58.2 Å². The molecule has 4 atom stereocenters. The Labute approximate surface area is 271 Å². The predicted molar refractivity (Wildman–Crippen MR) is 176 cm³/mol. The van der Waals surface area contributed by atoms with Crippen molar-refractivity contribution in [1.29, 1.82) is 0 Å². The molecule has 0 aromatic heterocycles. The van der Waals surface area contributed by atoms with E-state index in [1.165, 1.54) is 13.2 Å². The summed E-state index contributed by atoms with van der Waals surface area (Å²) in [7, 11) is 1.51. The zero-order valence-electron chi connectivity index (χ0n) is 25.2. The van der Waals surface area contributed by atoms with E-state index in [1.54, 1.807) is 60.3 Å². The lowest BCUT2D eigenvalue weighted by Gasteiger charge is -2.37. The number of carbonyl (C=O) groups excluding carboxylic acids is 2. The van der Waals surface area contributed by atoms with Gasteiger partial charge in [-0.2, -0.15) is 11.8 Å². The molecule has 0 aliphatic carbocycles. The second-order valence-electron chi connectivity index (χ2n) is 12.3. The fourth-order valence-corrected chi connectivity index (χ4v) is 7.07. The van der Waals surface area contributed by atoms with Crippen molar-refractivity contribution in [2.24, 2.45) is 5.41 Å². The highest BCUT2D eigenvalue weighted by molar-refractivity contribution is 7.98. The number of benzene rings is 3. The first-order valence-corrected chi connectivity index (χ1v) is 16.5. The maximum Gasteiger partial charge on any atom is 0.242 e. The fraction of sp³-hybridized carbons (Fsp3) is 0.394. The topological polar surface area (TPSA) is 88.7 Å². The van der Waals surface area contributed by atoms with Gasteiger partial charge in [-0.15, -0.1) is 0 Å². The molecule has 3 aromatic carbocycles. The summed E-state index contributed by atoms with van der Waals surface area (Å²) in [5, 5.41) is 9.80. The lowest BCUT2D eigenvalue weighted by Crippen LogP contribution is -2.49. The van der Waals surface area contributed by atoms with Crippen molar-refractivity contribution in [3.63, 3.8) is 0 Å². The summed E-state index contributed by atoms with van der Waals surface area (Å²) in [6.07, 6.45) is 2.51. The molecule has 44 heavy (non-hydrogen) atoms. The SMILES string of the molecule is COc1cc(OCCSC)ccc1NC(=O)[C@@H]1N[C@@H](CC(C)(C)C)[C@@]2(C(=O)Nc3cc(Cl)ccc32)C1c1cccc(Cl)c1F. The van der Waals surface area contributed by atoms with E-state index in [9.17, 15) is 9.59 Å². The standard InChI is InChI=1S/C33H36Cl2FN3O4S/c1-32(2,3)17-26-33(21-11-9-18(34)15-24(21)38-31(33)41)27(20-7-6-8-22(35)28(20)36)29(39-26)30(40)37-23-12-10-19(16-25(23)42-4)43-13-14-44-5/h6-12,15-16,26-27,29,39H,13-14,17H2,1-5H3,(H,37,40)(H,38,41)/t26-,27?,29+,33+/m0/s1. The van der Waals surface area contributed by atoms with Crippen molar-refractivity contribution in [1.82, 2.24) is 5.32 Å². The molecular weight excluding hydrogens is 624 g/mol. The summed E-state index contributed by atoms with van der Waals surface area (Å²) in [5.41, 5.74) is 0.174. The largest absolute Gasteiger partial charge is 0.494 e. The average molecular weight is 661 g/mol. The summed E-state index contributed by atoms with van der Waals surface area (Å²) >= 11 is 14.3. The smallest absolute Gasteiger partial charge is 0.242 e. The molecule has 2 heterocycles. The highest BCUT2D eigenvalue weighted by atomic mass is 35.5. The molecule has 1 saturated heterocycles. The Morgan fingerprint density at radius 1 is 1.14 bits per heavy atom. The number of amides is 2. The normalized spacial score (nSPS) is 22.5. The number of hydrogen-bond acceptors (Lipinski definition) is 6. The minimum atomic E-state index is -1.35. The molecule has 0 bridgehead atoms. The number of ether oxygens (including phenoxy) is 2. The van der Waals surface area contributed by atoms with E-state index in [-0.39, 0.29) is 21.9 Å². The maximum absolute atomic E-state index is 16.0. The molecule has 2 aliphatic rings. The molecule has 11 heteroatoms. The minimum Gasteiger partial charge on any atom is -0.494 e. The predicted octanol–water partition coefficient (Wildman–Crippen LogP) is 7.27. The van der Waals surface area contributed by atoms with Gasteiger partial charge in [0.15, 0.2) is 0 Å². The van der Waals surface area contributed by atoms with Gasteiger partial charge >= 0.3 is 0 Å². The zero-order chi connectivity index (χ0) is 31.8. The summed E-state index contributed by atoms with van der Waals surface area (Å²) in [6, 6.07) is 13.5. The lowest BCUT2D eigenvalue weighted by atomic mass is 9.62. The Morgan fingerprint density at radius 2 is 1.91 bits per heavy atom. The quantitative estimate of drug-likeness (QED) is 0.209. The van der Waals surface area contributed by atoms with Gasteiger partial charge in [-0.1, -0.05) is 62.2 Å². The molecular formula is C33H36Cl2FN3O4S. The lowest BCUT2D eigenvalue weighted by molar-refractivity contribution is -0.122.